The lowest BCUT2D eigenvalue weighted by atomic mass is 9.88. The maximum Gasteiger partial charge on any atom is 0.254 e. The molecule has 0 saturated carbocycles. The fourth-order valence-corrected chi connectivity index (χ4v) is 5.14. The van der Waals surface area contributed by atoms with Crippen molar-refractivity contribution in [1.29, 1.82) is 0 Å². The molecule has 1 N–H and O–H groups in total. The van der Waals surface area contributed by atoms with Gasteiger partial charge in [0.25, 0.3) is 5.91 Å². The van der Waals surface area contributed by atoms with Crippen LogP contribution in [-0.2, 0) is 5.54 Å². The number of amides is 1. The third kappa shape index (κ3) is 3.17. The molecule has 3 aromatic rings. The second-order valence-electron chi connectivity index (χ2n) is 9.45. The number of aromatic hydroxyl groups is 1. The molecule has 2 aromatic heterocycles. The molecule has 1 aromatic carbocycles. The first-order valence-electron chi connectivity index (χ1n) is 11.4. The van der Waals surface area contributed by atoms with Crippen LogP contribution in [0.25, 0.3) is 5.82 Å². The van der Waals surface area contributed by atoms with Gasteiger partial charge in [0, 0.05) is 37.6 Å². The lowest BCUT2D eigenvalue weighted by Gasteiger charge is -2.47. The molecule has 2 aliphatic rings. The van der Waals surface area contributed by atoms with E-state index in [1.165, 1.54) is 5.69 Å². The average molecular weight is 431 g/mol. The smallest absolute Gasteiger partial charge is 0.254 e. The highest BCUT2D eigenvalue weighted by Crippen LogP contribution is 2.47. The number of rotatable bonds is 4. The summed E-state index contributed by atoms with van der Waals surface area (Å²) in [6.07, 6.45) is 5.84. The summed E-state index contributed by atoms with van der Waals surface area (Å²) in [5.41, 5.74) is 3.32. The van der Waals surface area contributed by atoms with E-state index in [2.05, 4.69) is 47.7 Å². The summed E-state index contributed by atoms with van der Waals surface area (Å²) in [6, 6.07) is 13.6. The van der Waals surface area contributed by atoms with Gasteiger partial charge in [0.1, 0.15) is 11.3 Å². The Kier molecular flexibility index (Phi) is 4.96. The van der Waals surface area contributed by atoms with E-state index in [1.807, 2.05) is 30.2 Å². The van der Waals surface area contributed by atoms with E-state index < -0.39 is 0 Å². The van der Waals surface area contributed by atoms with Crippen molar-refractivity contribution in [2.45, 2.75) is 39.2 Å². The van der Waals surface area contributed by atoms with Gasteiger partial charge in [-0.25, -0.2) is 4.98 Å². The second kappa shape index (κ2) is 7.69. The number of carbonyl (C=O) groups excluding carboxylic acids is 1. The van der Waals surface area contributed by atoms with Gasteiger partial charge < -0.3 is 19.5 Å². The number of phenolic OH excluding ortho intramolecular Hbond substituents is 1. The number of carbonyl (C=O) groups is 1. The third-order valence-corrected chi connectivity index (χ3v) is 6.95. The van der Waals surface area contributed by atoms with E-state index in [0.717, 1.165) is 36.5 Å². The summed E-state index contributed by atoms with van der Waals surface area (Å²) in [5, 5.41) is 10.1. The molecule has 166 valence electrons. The van der Waals surface area contributed by atoms with Gasteiger partial charge in [-0.3, -0.25) is 4.79 Å². The lowest BCUT2D eigenvalue weighted by molar-refractivity contribution is 0.0781. The monoisotopic (exact) mass is 430 g/mol. The van der Waals surface area contributed by atoms with Crippen LogP contribution in [0, 0.1) is 12.8 Å². The Morgan fingerprint density at radius 1 is 1.22 bits per heavy atom. The fraction of sp³-hybridized carbons (Fsp3) is 0.385. The number of nitrogens with zero attached hydrogens (tertiary/aromatic N) is 4. The predicted molar refractivity (Wildman–Crippen MR) is 125 cm³/mol. The summed E-state index contributed by atoms with van der Waals surface area (Å²) < 4.78 is 2.19. The maximum absolute atomic E-state index is 13.4. The Morgan fingerprint density at radius 2 is 2.06 bits per heavy atom. The Labute approximate surface area is 189 Å². The van der Waals surface area contributed by atoms with Crippen LogP contribution in [-0.4, -0.2) is 45.1 Å². The number of hydrogen-bond donors (Lipinski definition) is 1. The minimum Gasteiger partial charge on any atom is -0.508 e. The first-order valence-corrected chi connectivity index (χ1v) is 11.4. The largest absolute Gasteiger partial charge is 0.508 e. The van der Waals surface area contributed by atoms with Crippen molar-refractivity contribution in [3.05, 3.63) is 71.7 Å². The van der Waals surface area contributed by atoms with Crippen LogP contribution in [0.2, 0.25) is 0 Å². The Balaban J connectivity index is 1.54. The van der Waals surface area contributed by atoms with Gasteiger partial charge in [-0.2, -0.15) is 0 Å². The number of hydrogen-bond acceptors (Lipinski definition) is 4. The highest BCUT2D eigenvalue weighted by Gasteiger charge is 2.50. The molecule has 6 heteroatoms. The molecule has 4 heterocycles. The molecule has 1 fully saturated rings. The molecule has 1 unspecified atom stereocenters. The van der Waals surface area contributed by atoms with Gasteiger partial charge >= 0.3 is 0 Å². The Morgan fingerprint density at radius 3 is 2.84 bits per heavy atom. The number of aryl methyl sites for hydroxylation is 1. The molecule has 1 amide bonds. The van der Waals surface area contributed by atoms with E-state index in [0.29, 0.717) is 24.6 Å². The molecule has 1 saturated heterocycles. The topological polar surface area (TPSA) is 61.6 Å². The molecule has 6 nitrogen and oxygen atoms in total. The summed E-state index contributed by atoms with van der Waals surface area (Å²) in [5.74, 6) is 1.66. The Hall–Kier alpha value is -3.28. The number of benzene rings is 1. The number of aromatic nitrogens is 2. The van der Waals surface area contributed by atoms with Gasteiger partial charge in [0.15, 0.2) is 5.82 Å². The van der Waals surface area contributed by atoms with E-state index >= 15 is 0 Å². The van der Waals surface area contributed by atoms with Gasteiger partial charge in [-0.1, -0.05) is 19.9 Å². The van der Waals surface area contributed by atoms with E-state index in [4.69, 9.17) is 4.98 Å². The van der Waals surface area contributed by atoms with Crippen LogP contribution in [0.15, 0.2) is 54.9 Å². The normalized spacial score (nSPS) is 19.5. The number of anilines is 1. The predicted octanol–water partition coefficient (Wildman–Crippen LogP) is 4.49. The van der Waals surface area contributed by atoms with E-state index in [9.17, 15) is 9.90 Å². The molecule has 0 radical (unpaired) electrons. The standard InChI is InChI=1S/C26H30N4O2/c1-18(2)10-14-30-21-6-4-12-27-24(21)29-13-5-7-23(29)26(30)11-15-28(17-26)25(32)20-9-8-19(3)22(31)16-20/h4-9,12-13,16,18,31H,10-11,14-15,17H2,1-3H3. The molecule has 1 atom stereocenters. The number of pyridine rings is 1. The lowest BCUT2D eigenvalue weighted by Crippen LogP contribution is -2.53. The molecular formula is C26H30N4O2. The zero-order chi connectivity index (χ0) is 22.5. The molecule has 0 aliphatic carbocycles. The average Bonchev–Trinajstić information content (AvgIpc) is 3.44. The van der Waals surface area contributed by atoms with Crippen LogP contribution in [0.3, 0.4) is 0 Å². The zero-order valence-electron chi connectivity index (χ0n) is 19.0. The van der Waals surface area contributed by atoms with Crippen molar-refractivity contribution in [2.75, 3.05) is 24.5 Å². The molecule has 5 rings (SSSR count). The number of likely N-dealkylation sites (tertiary alicyclic amines) is 1. The van der Waals surface area contributed by atoms with Crippen LogP contribution in [0.4, 0.5) is 5.69 Å². The van der Waals surface area contributed by atoms with Crippen LogP contribution in [0.1, 0.15) is 48.3 Å². The van der Waals surface area contributed by atoms with Crippen LogP contribution >= 0.6 is 0 Å². The first kappa shape index (κ1) is 20.6. The van der Waals surface area contributed by atoms with Crippen molar-refractivity contribution in [3.8, 4) is 11.6 Å². The van der Waals surface area contributed by atoms with Gasteiger partial charge in [-0.05, 0) is 67.6 Å². The quantitative estimate of drug-likeness (QED) is 0.662. The van der Waals surface area contributed by atoms with Crippen LogP contribution in [0.5, 0.6) is 5.75 Å². The summed E-state index contributed by atoms with van der Waals surface area (Å²) >= 11 is 0. The maximum atomic E-state index is 13.4. The minimum atomic E-state index is -0.295. The van der Waals surface area contributed by atoms with Gasteiger partial charge in [0.05, 0.1) is 11.4 Å². The fourth-order valence-electron chi connectivity index (χ4n) is 5.14. The van der Waals surface area contributed by atoms with Crippen molar-refractivity contribution >= 4 is 11.6 Å². The first-order chi connectivity index (χ1) is 15.4. The van der Waals surface area contributed by atoms with Gasteiger partial charge in [0.2, 0.25) is 0 Å². The summed E-state index contributed by atoms with van der Waals surface area (Å²) in [6.45, 7) is 8.52. The van der Waals surface area contributed by atoms with Crippen molar-refractivity contribution in [1.82, 2.24) is 14.5 Å². The molecular weight excluding hydrogens is 400 g/mol. The molecule has 32 heavy (non-hydrogen) atoms. The molecule has 1 spiro atoms. The SMILES string of the molecule is Cc1ccc(C(=O)N2CCC3(C2)c2cccn2-c2ncccc2N3CCC(C)C)cc1O. The van der Waals surface area contributed by atoms with Crippen LogP contribution < -0.4 is 4.90 Å². The summed E-state index contributed by atoms with van der Waals surface area (Å²) in [4.78, 5) is 22.5. The highest BCUT2D eigenvalue weighted by molar-refractivity contribution is 5.95. The molecule has 2 aliphatic heterocycles. The van der Waals surface area contributed by atoms with Crippen molar-refractivity contribution in [3.63, 3.8) is 0 Å². The zero-order valence-corrected chi connectivity index (χ0v) is 19.0. The second-order valence-corrected chi connectivity index (χ2v) is 9.45. The van der Waals surface area contributed by atoms with E-state index in [1.54, 1.807) is 12.1 Å². The van der Waals surface area contributed by atoms with Crippen molar-refractivity contribution < 1.29 is 9.90 Å². The summed E-state index contributed by atoms with van der Waals surface area (Å²) in [7, 11) is 0. The number of fused-ring (bicyclic) bond motifs is 4. The highest BCUT2D eigenvalue weighted by atomic mass is 16.3. The van der Waals surface area contributed by atoms with Crippen molar-refractivity contribution in [2.24, 2.45) is 5.92 Å². The van der Waals surface area contributed by atoms with E-state index in [-0.39, 0.29) is 17.2 Å². The minimum absolute atomic E-state index is 0.0314. The molecule has 0 bridgehead atoms. The third-order valence-electron chi connectivity index (χ3n) is 6.95. The Bertz CT molecular complexity index is 1170. The van der Waals surface area contributed by atoms with Gasteiger partial charge in [-0.15, -0.1) is 0 Å². The number of phenols is 1.